The molecular weight excluding hydrogens is 685 g/mol. The lowest BCUT2D eigenvalue weighted by Crippen LogP contribution is -2.76. The molecule has 0 unspecified atom stereocenters. The van der Waals surface area contributed by atoms with Gasteiger partial charge < -0.3 is 3.87 Å². The van der Waals surface area contributed by atoms with E-state index in [-0.39, 0.29) is 0 Å². The van der Waals surface area contributed by atoms with E-state index < -0.39 is 87.9 Å². The number of rotatable bonds is 13. The maximum absolute atomic E-state index is 14.5. The first kappa shape index (κ1) is 40.8. The van der Waals surface area contributed by atoms with Gasteiger partial charge >= 0.3 is 63.0 Å². The molecule has 0 atom stereocenters. The molecule has 0 aliphatic heterocycles. The van der Waals surface area contributed by atoms with Crippen molar-refractivity contribution in [2.75, 3.05) is 0 Å². The maximum atomic E-state index is 14.5. The molecule has 0 aromatic carbocycles. The second-order valence-corrected chi connectivity index (χ2v) is 17.1. The van der Waals surface area contributed by atoms with E-state index >= 15 is 0 Å². The minimum absolute atomic E-state index is 1.06. The number of alkyl halides is 19. The minimum Gasteiger partial charge on any atom is -0.309 e. The molecule has 0 aliphatic carbocycles. The van der Waals surface area contributed by atoms with Gasteiger partial charge in [-0.2, -0.15) is 91.8 Å². The molecule has 0 spiro atoms. The molecule has 0 fully saturated rings. The Morgan fingerprint density at radius 2 is 0.643 bits per heavy atom. The van der Waals surface area contributed by atoms with Crippen LogP contribution < -0.4 is 0 Å². The molecule has 0 N–H and O–H groups in total. The molecule has 0 bridgehead atoms. The van der Waals surface area contributed by atoms with E-state index in [0.29, 0.717) is 0 Å². The summed E-state index contributed by atoms with van der Waals surface area (Å²) in [6, 6.07) is 0. The van der Waals surface area contributed by atoms with Crippen LogP contribution in [0.5, 0.6) is 0 Å². The summed E-state index contributed by atoms with van der Waals surface area (Å²) >= 11 is 0. The van der Waals surface area contributed by atoms with E-state index in [1.165, 1.54) is 0 Å². The van der Waals surface area contributed by atoms with Crippen molar-refractivity contribution in [3.63, 3.8) is 0 Å². The summed E-state index contributed by atoms with van der Waals surface area (Å²) in [6.07, 6.45) is -7.99. The molecule has 0 heterocycles. The molecule has 0 saturated carbocycles. The average molecular weight is 706 g/mol. The second-order valence-electron chi connectivity index (χ2n) is 9.89. The highest BCUT2D eigenvalue weighted by molar-refractivity contribution is 7.89. The quantitative estimate of drug-likeness (QED) is 0.142. The predicted octanol–water partition coefficient (Wildman–Crippen LogP) is 9.11. The van der Waals surface area contributed by atoms with Crippen molar-refractivity contribution in [2.45, 2.75) is 111 Å². The Labute approximate surface area is 226 Å². The van der Waals surface area contributed by atoms with Crippen molar-refractivity contribution in [1.29, 1.82) is 0 Å². The first-order valence-corrected chi connectivity index (χ1v) is 14.4. The molecule has 42 heavy (non-hydrogen) atoms. The third kappa shape index (κ3) is 5.14. The van der Waals surface area contributed by atoms with E-state index in [1.54, 1.807) is 0 Å². The van der Waals surface area contributed by atoms with Gasteiger partial charge in [-0.1, -0.05) is 41.5 Å². The fourth-order valence-corrected chi connectivity index (χ4v) is 12.7. The van der Waals surface area contributed by atoms with Gasteiger partial charge in [0.15, 0.2) is 0 Å². The molecule has 3 nitrogen and oxygen atoms in total. The van der Waals surface area contributed by atoms with Crippen molar-refractivity contribution in [2.24, 2.45) is 0 Å². The molecule has 0 rings (SSSR count). The van der Waals surface area contributed by atoms with Gasteiger partial charge in [0.2, 0.25) is 8.32 Å². The van der Waals surface area contributed by atoms with Crippen LogP contribution in [0.4, 0.5) is 83.4 Å². The van der Waals surface area contributed by atoms with Gasteiger partial charge in [0.1, 0.15) is 0 Å². The number of hydrogen-bond acceptors (Lipinski definition) is 3. The van der Waals surface area contributed by atoms with Gasteiger partial charge in [0, 0.05) is 0 Å². The third-order valence-electron chi connectivity index (χ3n) is 6.36. The molecule has 0 saturated heterocycles. The van der Waals surface area contributed by atoms with Crippen LogP contribution >= 0.6 is 0 Å². The second kappa shape index (κ2) is 10.7. The van der Waals surface area contributed by atoms with Crippen molar-refractivity contribution in [3.05, 3.63) is 0 Å². The number of hydrogen-bond donors (Lipinski definition) is 0. The van der Waals surface area contributed by atoms with E-state index in [9.17, 15) is 91.8 Å². The highest BCUT2D eigenvalue weighted by Gasteiger charge is 2.97. The summed E-state index contributed by atoms with van der Waals surface area (Å²) in [5.41, 5.74) is -3.59. The van der Waals surface area contributed by atoms with Crippen molar-refractivity contribution in [1.82, 2.24) is 0 Å². The zero-order valence-electron chi connectivity index (χ0n) is 21.5. The van der Waals surface area contributed by atoms with Crippen molar-refractivity contribution >= 4 is 18.4 Å². The van der Waals surface area contributed by atoms with E-state index in [2.05, 4.69) is 3.87 Å². The summed E-state index contributed by atoms with van der Waals surface area (Å²) in [6.45, 7) is 6.34. The zero-order valence-corrected chi connectivity index (χ0v) is 23.4. The van der Waals surface area contributed by atoms with E-state index in [4.69, 9.17) is 0 Å². The smallest absolute Gasteiger partial charge is 0.309 e. The van der Waals surface area contributed by atoms with E-state index in [1.807, 2.05) is 0 Å². The summed E-state index contributed by atoms with van der Waals surface area (Å²) in [5.74, 6) is -62.0. The lowest BCUT2D eigenvalue weighted by atomic mass is 9.89. The van der Waals surface area contributed by atoms with Crippen LogP contribution in [0.2, 0.25) is 16.6 Å². The SMILES string of the molecule is CC(C)[Si](OS(=O)(=O)C(F)(F)C(F)(F)C(F)(F)C(F)(F)C(F)(F)C(F)(F)C(F)(F)C(F)(F)C(F)(F)F)(C(C)C)C(C)C. The Morgan fingerprint density at radius 1 is 0.429 bits per heavy atom. The topological polar surface area (TPSA) is 43.4 Å². The molecule has 254 valence electrons. The molecule has 0 radical (unpaired) electrons. The molecule has 24 heteroatoms. The van der Waals surface area contributed by atoms with Gasteiger partial charge in [-0.25, -0.2) is 0 Å². The summed E-state index contributed by atoms with van der Waals surface area (Å²) in [7, 11) is -12.2. The first-order chi connectivity index (χ1) is 17.8. The standard InChI is InChI=1S/C18H21F19O3SSi/c1-7(2)42(8(3)4,9(5)6)40-41(38,39)18(36,37)16(31,32)14(27,28)12(23,24)10(19,20)11(21,22)13(25,26)15(29,30)17(33,34)35/h7-9H,1-6H3. The van der Waals surface area contributed by atoms with Crippen LogP contribution in [0.1, 0.15) is 41.5 Å². The largest absolute Gasteiger partial charge is 0.460 e. The normalized spacial score (nSPS) is 16.7. The summed E-state index contributed by atoms with van der Waals surface area (Å²) in [4.78, 5) is 0. The Bertz CT molecular complexity index is 1060. The molecule has 0 aromatic heterocycles. The Hall–Kier alpha value is -1.20. The molecule has 0 amide bonds. The monoisotopic (exact) mass is 706 g/mol. The zero-order chi connectivity index (χ0) is 34.9. The van der Waals surface area contributed by atoms with Crippen LogP contribution in [0.25, 0.3) is 0 Å². The fourth-order valence-electron chi connectivity index (χ4n) is 4.03. The van der Waals surface area contributed by atoms with Crippen LogP contribution in [-0.4, -0.2) is 69.6 Å². The van der Waals surface area contributed by atoms with Crippen LogP contribution in [0.3, 0.4) is 0 Å². The third-order valence-corrected chi connectivity index (χ3v) is 14.7. The van der Waals surface area contributed by atoms with Gasteiger partial charge in [0.25, 0.3) is 0 Å². The van der Waals surface area contributed by atoms with Gasteiger partial charge in [0.05, 0.1) is 0 Å². The van der Waals surface area contributed by atoms with Crippen molar-refractivity contribution in [3.8, 4) is 0 Å². The van der Waals surface area contributed by atoms with Crippen LogP contribution in [0.15, 0.2) is 0 Å². The van der Waals surface area contributed by atoms with Crippen LogP contribution in [0, 0.1) is 0 Å². The first-order valence-electron chi connectivity index (χ1n) is 10.8. The average Bonchev–Trinajstić information content (AvgIpc) is 2.74. The maximum Gasteiger partial charge on any atom is 0.460 e. The van der Waals surface area contributed by atoms with Gasteiger partial charge in [-0.3, -0.25) is 0 Å². The molecule has 0 aliphatic rings. The number of halogens is 19. The van der Waals surface area contributed by atoms with Gasteiger partial charge in [-0.05, 0) is 16.6 Å². The predicted molar refractivity (Wildman–Crippen MR) is 107 cm³/mol. The summed E-state index contributed by atoms with van der Waals surface area (Å²) < 4.78 is 286. The molecular formula is C18H21F19O3SSi. The van der Waals surface area contributed by atoms with Gasteiger partial charge in [-0.15, -0.1) is 0 Å². The van der Waals surface area contributed by atoms with E-state index in [0.717, 1.165) is 41.5 Å². The minimum atomic E-state index is -9.14. The van der Waals surface area contributed by atoms with Crippen molar-refractivity contribution < 1.29 is 95.7 Å². The highest BCUT2D eigenvalue weighted by Crippen LogP contribution is 2.65. The van der Waals surface area contributed by atoms with Crippen LogP contribution in [-0.2, 0) is 14.0 Å². The Kier molecular flexibility index (Phi) is 10.4. The molecule has 0 aromatic rings. The summed E-state index contributed by atoms with van der Waals surface area (Å²) in [5, 5.41) is -7.78. The highest BCUT2D eigenvalue weighted by atomic mass is 32.2. The Balaban J connectivity index is 7.34. The lowest BCUT2D eigenvalue weighted by molar-refractivity contribution is -0.466. The fraction of sp³-hybridized carbons (Fsp3) is 1.00. The lowest BCUT2D eigenvalue weighted by Gasteiger charge is -2.45. The Morgan fingerprint density at radius 3 is 0.857 bits per heavy atom.